The zero-order valence-corrected chi connectivity index (χ0v) is 20.5. The Morgan fingerprint density at radius 3 is 1.94 bits per heavy atom. The van der Waals surface area contributed by atoms with Gasteiger partial charge in [0, 0.05) is 12.8 Å². The van der Waals surface area contributed by atoms with Crippen molar-refractivity contribution in [2.75, 3.05) is 13.7 Å². The van der Waals surface area contributed by atoms with Crippen molar-refractivity contribution < 1.29 is 47.2 Å². The standard InChI is InChI=1S/C13H17BF3NO2.C6H7BO2.C3H6O3/c1-8-6-9(7-10(18-8)13(15,16)17)14-19-11(2,3)12(4,5)20-14;8-7(9)6-4-2-1-3-5-6;1-6-2-3(4)5/h6-7H,1-5H3;1-5,8-9H;2H2,1H3,(H,4,5). The van der Waals surface area contributed by atoms with Crippen molar-refractivity contribution in [1.82, 2.24) is 4.98 Å². The normalized spacial score (nSPS) is 15.9. The van der Waals surface area contributed by atoms with E-state index in [1.807, 2.05) is 33.8 Å². The summed E-state index contributed by atoms with van der Waals surface area (Å²) in [6.07, 6.45) is -4.48. The molecule has 1 aliphatic rings. The maximum atomic E-state index is 12.8. The van der Waals surface area contributed by atoms with Gasteiger partial charge in [0.25, 0.3) is 0 Å². The highest BCUT2D eigenvalue weighted by Gasteiger charge is 2.52. The number of hydrogen-bond donors (Lipinski definition) is 3. The van der Waals surface area contributed by atoms with E-state index >= 15 is 0 Å². The first-order valence-electron chi connectivity index (χ1n) is 10.5. The second-order valence-corrected chi connectivity index (χ2v) is 8.62. The van der Waals surface area contributed by atoms with Gasteiger partial charge in [0.1, 0.15) is 12.3 Å². The number of carbonyl (C=O) groups is 1. The molecule has 2 aromatic rings. The predicted octanol–water partition coefficient (Wildman–Crippen LogP) is 1.79. The number of ether oxygens (including phenoxy) is 1. The van der Waals surface area contributed by atoms with Crippen LogP contribution in [0.15, 0.2) is 42.5 Å². The first-order chi connectivity index (χ1) is 16.0. The van der Waals surface area contributed by atoms with Gasteiger partial charge in [0.2, 0.25) is 0 Å². The lowest BCUT2D eigenvalue weighted by atomic mass is 9.79. The molecule has 3 rings (SSSR count). The molecule has 1 saturated heterocycles. The van der Waals surface area contributed by atoms with Crippen LogP contribution in [0.25, 0.3) is 0 Å². The number of halogens is 3. The summed E-state index contributed by atoms with van der Waals surface area (Å²) in [5.74, 6) is -0.933. The van der Waals surface area contributed by atoms with Crippen LogP contribution in [0.3, 0.4) is 0 Å². The number of benzene rings is 1. The minimum absolute atomic E-state index is 0.208. The largest absolute Gasteiger partial charge is 0.494 e. The summed E-state index contributed by atoms with van der Waals surface area (Å²) in [6.45, 7) is 8.72. The Kier molecular flexibility index (Phi) is 10.9. The SMILES string of the molecule is COCC(=O)O.Cc1cc(B2OC(C)(C)C(C)(C)O2)cc(C(F)(F)F)n1.OB(O)c1ccccc1. The maximum absolute atomic E-state index is 12.8. The third-order valence-corrected chi connectivity index (χ3v) is 5.16. The lowest BCUT2D eigenvalue weighted by Crippen LogP contribution is -2.41. The van der Waals surface area contributed by atoms with Crippen molar-refractivity contribution in [1.29, 1.82) is 0 Å². The van der Waals surface area contributed by atoms with E-state index in [0.717, 1.165) is 6.07 Å². The number of hydrogen-bond acceptors (Lipinski definition) is 7. The minimum atomic E-state index is -4.48. The summed E-state index contributed by atoms with van der Waals surface area (Å²) in [5.41, 5.74) is -0.965. The highest BCUT2D eigenvalue weighted by molar-refractivity contribution is 6.62. The molecule has 0 spiro atoms. The Morgan fingerprint density at radius 2 is 1.60 bits per heavy atom. The summed E-state index contributed by atoms with van der Waals surface area (Å²) < 4.78 is 54.1. The molecule has 3 N–H and O–H groups in total. The lowest BCUT2D eigenvalue weighted by molar-refractivity contribution is -0.142. The molecule has 0 saturated carbocycles. The highest BCUT2D eigenvalue weighted by atomic mass is 19.4. The second kappa shape index (κ2) is 12.5. The summed E-state index contributed by atoms with van der Waals surface area (Å²) in [4.78, 5) is 13.0. The number of aliphatic carboxylic acids is 1. The zero-order chi connectivity index (χ0) is 27.0. The maximum Gasteiger partial charge on any atom is 0.494 e. The monoisotopic (exact) mass is 499 g/mol. The average molecular weight is 499 g/mol. The van der Waals surface area contributed by atoms with Gasteiger partial charge >= 0.3 is 26.4 Å². The van der Waals surface area contributed by atoms with Crippen LogP contribution in [0, 0.1) is 6.92 Å². The molecular weight excluding hydrogens is 469 g/mol. The van der Waals surface area contributed by atoms with Crippen molar-refractivity contribution in [3.05, 3.63) is 53.9 Å². The predicted molar refractivity (Wildman–Crippen MR) is 125 cm³/mol. The van der Waals surface area contributed by atoms with E-state index in [1.165, 1.54) is 14.0 Å². The number of aromatic nitrogens is 1. The van der Waals surface area contributed by atoms with Gasteiger partial charge in [-0.3, -0.25) is 0 Å². The molecule has 0 aliphatic carbocycles. The zero-order valence-electron chi connectivity index (χ0n) is 20.5. The van der Waals surface area contributed by atoms with Crippen LogP contribution in [-0.4, -0.2) is 65.3 Å². The van der Waals surface area contributed by atoms with Crippen LogP contribution in [-0.2, 0) is 25.0 Å². The van der Waals surface area contributed by atoms with E-state index in [4.69, 9.17) is 24.5 Å². The average Bonchev–Trinajstić information content (AvgIpc) is 2.95. The van der Waals surface area contributed by atoms with Gasteiger partial charge in [-0.25, -0.2) is 9.78 Å². The molecule has 0 radical (unpaired) electrons. The second-order valence-electron chi connectivity index (χ2n) is 8.62. The van der Waals surface area contributed by atoms with E-state index in [2.05, 4.69) is 9.72 Å². The number of aryl methyl sites for hydroxylation is 1. The Labute approximate surface area is 203 Å². The van der Waals surface area contributed by atoms with Gasteiger partial charge in [-0.05, 0) is 57.7 Å². The van der Waals surface area contributed by atoms with Gasteiger partial charge in [0.15, 0.2) is 0 Å². The number of nitrogens with zero attached hydrogens (tertiary/aromatic N) is 1. The van der Waals surface area contributed by atoms with Crippen LogP contribution in [0.2, 0.25) is 0 Å². The summed E-state index contributed by atoms with van der Waals surface area (Å²) in [5, 5.41) is 24.9. The number of pyridine rings is 1. The minimum Gasteiger partial charge on any atom is -0.480 e. The van der Waals surface area contributed by atoms with Gasteiger partial charge in [-0.2, -0.15) is 13.2 Å². The number of carboxylic acid groups (broad SMARTS) is 1. The van der Waals surface area contributed by atoms with Gasteiger partial charge in [-0.1, -0.05) is 30.3 Å². The number of methoxy groups -OCH3 is 1. The molecule has 0 amide bonds. The fraction of sp³-hybridized carbons (Fsp3) is 0.455. The Morgan fingerprint density at radius 1 is 1.09 bits per heavy atom. The fourth-order valence-corrected chi connectivity index (χ4v) is 2.70. The van der Waals surface area contributed by atoms with E-state index in [9.17, 15) is 18.0 Å². The summed E-state index contributed by atoms with van der Waals surface area (Å²) in [7, 11) is -0.817. The molecule has 35 heavy (non-hydrogen) atoms. The molecule has 1 fully saturated rings. The molecule has 13 heteroatoms. The van der Waals surface area contributed by atoms with E-state index in [0.29, 0.717) is 10.9 Å². The Hall–Kier alpha value is -2.44. The smallest absolute Gasteiger partial charge is 0.480 e. The van der Waals surface area contributed by atoms with Crippen LogP contribution < -0.4 is 10.9 Å². The third-order valence-electron chi connectivity index (χ3n) is 5.16. The van der Waals surface area contributed by atoms with Gasteiger partial charge < -0.3 is 29.2 Å². The fourth-order valence-electron chi connectivity index (χ4n) is 2.70. The molecule has 0 unspecified atom stereocenters. The highest BCUT2D eigenvalue weighted by Crippen LogP contribution is 2.37. The molecule has 8 nitrogen and oxygen atoms in total. The van der Waals surface area contributed by atoms with E-state index in [1.54, 1.807) is 30.3 Å². The van der Waals surface area contributed by atoms with E-state index in [-0.39, 0.29) is 12.3 Å². The van der Waals surface area contributed by atoms with Crippen LogP contribution >= 0.6 is 0 Å². The van der Waals surface area contributed by atoms with Crippen molar-refractivity contribution in [3.63, 3.8) is 0 Å². The molecule has 0 atom stereocenters. The number of rotatable bonds is 4. The summed E-state index contributed by atoms with van der Waals surface area (Å²) in [6, 6.07) is 11.2. The number of alkyl halides is 3. The molecule has 1 aromatic heterocycles. The Bertz CT molecular complexity index is 942. The summed E-state index contributed by atoms with van der Waals surface area (Å²) >= 11 is 0. The molecule has 192 valence electrons. The molecule has 0 bridgehead atoms. The molecule has 2 heterocycles. The van der Waals surface area contributed by atoms with Crippen LogP contribution in [0.5, 0.6) is 0 Å². The molecule has 1 aromatic carbocycles. The van der Waals surface area contributed by atoms with Crippen molar-refractivity contribution in [2.45, 2.75) is 52.0 Å². The van der Waals surface area contributed by atoms with Crippen molar-refractivity contribution in [3.8, 4) is 0 Å². The molecule has 1 aliphatic heterocycles. The van der Waals surface area contributed by atoms with Gasteiger partial charge in [-0.15, -0.1) is 0 Å². The van der Waals surface area contributed by atoms with Gasteiger partial charge in [0.05, 0.1) is 11.2 Å². The third kappa shape index (κ3) is 9.61. The van der Waals surface area contributed by atoms with Crippen LogP contribution in [0.1, 0.15) is 39.1 Å². The first kappa shape index (κ1) is 30.6. The first-order valence-corrected chi connectivity index (χ1v) is 10.5. The molecular formula is C22H30B2F3NO7. The Balaban J connectivity index is 0.000000336. The lowest BCUT2D eigenvalue weighted by Gasteiger charge is -2.32. The topological polar surface area (TPSA) is 118 Å². The quantitative estimate of drug-likeness (QED) is 0.546. The van der Waals surface area contributed by atoms with E-state index < -0.39 is 43.3 Å². The number of carboxylic acids is 1. The van der Waals surface area contributed by atoms with Crippen molar-refractivity contribution in [2.24, 2.45) is 0 Å². The van der Waals surface area contributed by atoms with Crippen molar-refractivity contribution >= 4 is 31.1 Å². The van der Waals surface area contributed by atoms with Crippen LogP contribution in [0.4, 0.5) is 13.2 Å².